The number of primary amides is 1. The Morgan fingerprint density at radius 2 is 1.79 bits per heavy atom. The Bertz CT molecular complexity index is 1000. The molecule has 7 nitrogen and oxygen atoms in total. The van der Waals surface area contributed by atoms with Crippen LogP contribution in [0.25, 0.3) is 0 Å². The molecule has 1 aromatic heterocycles. The number of anilines is 2. The summed E-state index contributed by atoms with van der Waals surface area (Å²) < 4.78 is 11.1. The zero-order chi connectivity index (χ0) is 20.1. The van der Waals surface area contributed by atoms with Crippen LogP contribution < -0.4 is 20.1 Å². The third kappa shape index (κ3) is 4.12. The van der Waals surface area contributed by atoms with Gasteiger partial charge in [-0.2, -0.15) is 0 Å². The number of methoxy groups -OCH3 is 1. The van der Waals surface area contributed by atoms with Gasteiger partial charge in [0.15, 0.2) is 5.13 Å². The van der Waals surface area contributed by atoms with Crippen LogP contribution in [0, 0.1) is 0 Å². The number of hydrogen-bond donors (Lipinski definition) is 1. The Hall–Kier alpha value is -3.39. The van der Waals surface area contributed by atoms with E-state index in [0.29, 0.717) is 33.6 Å². The molecule has 0 bridgehead atoms. The highest BCUT2D eigenvalue weighted by molar-refractivity contribution is 7.14. The second-order valence-electron chi connectivity index (χ2n) is 5.80. The van der Waals surface area contributed by atoms with Crippen molar-refractivity contribution in [2.75, 3.05) is 12.0 Å². The van der Waals surface area contributed by atoms with Crippen molar-refractivity contribution in [1.29, 1.82) is 0 Å². The van der Waals surface area contributed by atoms with Crippen molar-refractivity contribution in [2.45, 2.75) is 13.5 Å². The summed E-state index contributed by atoms with van der Waals surface area (Å²) in [5.74, 6) is 0.206. The molecule has 0 aliphatic carbocycles. The highest BCUT2D eigenvalue weighted by atomic mass is 32.1. The lowest BCUT2D eigenvalue weighted by Gasteiger charge is -2.20. The molecule has 3 aromatic rings. The van der Waals surface area contributed by atoms with Gasteiger partial charge in [0, 0.05) is 12.3 Å². The van der Waals surface area contributed by atoms with E-state index in [1.807, 2.05) is 12.1 Å². The van der Waals surface area contributed by atoms with Gasteiger partial charge in [0.1, 0.15) is 18.1 Å². The molecule has 0 saturated heterocycles. The normalized spacial score (nSPS) is 10.4. The second kappa shape index (κ2) is 8.53. The van der Waals surface area contributed by atoms with Crippen molar-refractivity contribution in [3.05, 3.63) is 65.2 Å². The summed E-state index contributed by atoms with van der Waals surface area (Å²) in [5.41, 5.74) is 6.90. The van der Waals surface area contributed by atoms with Crippen LogP contribution in [0.1, 0.15) is 23.0 Å². The van der Waals surface area contributed by atoms with Crippen molar-refractivity contribution in [3.8, 4) is 11.5 Å². The van der Waals surface area contributed by atoms with Crippen LogP contribution in [-0.2, 0) is 11.4 Å². The van der Waals surface area contributed by atoms with Crippen molar-refractivity contribution in [2.24, 2.45) is 5.73 Å². The zero-order valence-electron chi connectivity index (χ0n) is 15.4. The standard InChI is InChI=1S/C20H19N3O4S/c1-13(24)23(16-8-4-6-10-18(16)26-2)20-22-14(12-28-20)11-27-17-9-5-3-7-15(17)19(21)25/h3-10,12H,11H2,1-2H3,(H2,21,25). The van der Waals surface area contributed by atoms with E-state index in [1.165, 1.54) is 23.2 Å². The average Bonchev–Trinajstić information content (AvgIpc) is 3.15. The molecular weight excluding hydrogens is 378 g/mol. The number of nitrogens with two attached hydrogens (primary N) is 1. The number of carbonyl (C=O) groups excluding carboxylic acids is 2. The van der Waals surface area contributed by atoms with Crippen LogP contribution in [0.4, 0.5) is 10.8 Å². The van der Waals surface area contributed by atoms with Gasteiger partial charge in [0.05, 0.1) is 24.1 Å². The summed E-state index contributed by atoms with van der Waals surface area (Å²) in [6.07, 6.45) is 0. The van der Waals surface area contributed by atoms with Crippen LogP contribution in [0.2, 0.25) is 0 Å². The fraction of sp³-hybridized carbons (Fsp3) is 0.150. The number of carbonyl (C=O) groups is 2. The minimum atomic E-state index is -0.562. The molecule has 0 atom stereocenters. The Balaban J connectivity index is 1.82. The van der Waals surface area contributed by atoms with E-state index in [4.69, 9.17) is 15.2 Å². The molecule has 28 heavy (non-hydrogen) atoms. The number of amides is 2. The first-order valence-corrected chi connectivity index (χ1v) is 9.29. The highest BCUT2D eigenvalue weighted by Gasteiger charge is 2.21. The van der Waals surface area contributed by atoms with E-state index in [2.05, 4.69) is 4.98 Å². The lowest BCUT2D eigenvalue weighted by molar-refractivity contribution is -0.115. The molecule has 0 radical (unpaired) electrons. The number of thiazole rings is 1. The van der Waals surface area contributed by atoms with Gasteiger partial charge in [-0.3, -0.25) is 14.5 Å². The first kappa shape index (κ1) is 19.4. The van der Waals surface area contributed by atoms with Gasteiger partial charge in [0.25, 0.3) is 5.91 Å². The number of benzene rings is 2. The summed E-state index contributed by atoms with van der Waals surface area (Å²) in [6, 6.07) is 14.0. The average molecular weight is 397 g/mol. The molecule has 0 aliphatic rings. The molecule has 0 aliphatic heterocycles. The summed E-state index contributed by atoms with van der Waals surface area (Å²) >= 11 is 1.31. The molecule has 8 heteroatoms. The van der Waals surface area contributed by atoms with Crippen LogP contribution in [0.15, 0.2) is 53.9 Å². The predicted octanol–water partition coefficient (Wildman–Crippen LogP) is 3.51. The lowest BCUT2D eigenvalue weighted by atomic mass is 10.2. The number of nitrogens with zero attached hydrogens (tertiary/aromatic N) is 2. The third-order valence-corrected chi connectivity index (χ3v) is 4.77. The van der Waals surface area contributed by atoms with Crippen LogP contribution >= 0.6 is 11.3 Å². The highest BCUT2D eigenvalue weighted by Crippen LogP contribution is 2.35. The van der Waals surface area contributed by atoms with Crippen LogP contribution in [0.3, 0.4) is 0 Å². The molecular formula is C20H19N3O4S. The van der Waals surface area contributed by atoms with Gasteiger partial charge < -0.3 is 15.2 Å². The number of hydrogen-bond acceptors (Lipinski definition) is 6. The SMILES string of the molecule is COc1ccccc1N(C(C)=O)c1nc(COc2ccccc2C(N)=O)cs1. The van der Waals surface area contributed by atoms with Crippen molar-refractivity contribution >= 4 is 34.0 Å². The molecule has 2 N–H and O–H groups in total. The van der Waals surface area contributed by atoms with E-state index in [9.17, 15) is 9.59 Å². The molecule has 2 amide bonds. The van der Waals surface area contributed by atoms with Crippen molar-refractivity contribution in [1.82, 2.24) is 4.98 Å². The number of rotatable bonds is 7. The monoisotopic (exact) mass is 397 g/mol. The fourth-order valence-corrected chi connectivity index (χ4v) is 3.50. The van der Waals surface area contributed by atoms with Gasteiger partial charge in [-0.05, 0) is 24.3 Å². The maximum Gasteiger partial charge on any atom is 0.252 e. The smallest absolute Gasteiger partial charge is 0.252 e. The molecule has 144 valence electrons. The van der Waals surface area contributed by atoms with Crippen molar-refractivity contribution in [3.63, 3.8) is 0 Å². The molecule has 0 unspecified atom stereocenters. The maximum absolute atomic E-state index is 12.3. The topological polar surface area (TPSA) is 94.8 Å². The number of ether oxygens (including phenoxy) is 2. The molecule has 3 rings (SSSR count). The molecule has 2 aromatic carbocycles. The lowest BCUT2D eigenvalue weighted by Crippen LogP contribution is -2.23. The van der Waals surface area contributed by atoms with Gasteiger partial charge in [-0.1, -0.05) is 24.3 Å². The van der Waals surface area contributed by atoms with Gasteiger partial charge >= 0.3 is 0 Å². The molecule has 1 heterocycles. The van der Waals surface area contributed by atoms with Gasteiger partial charge in [-0.25, -0.2) is 4.98 Å². The Kier molecular flexibility index (Phi) is 5.90. The predicted molar refractivity (Wildman–Crippen MR) is 107 cm³/mol. The quantitative estimate of drug-likeness (QED) is 0.658. The maximum atomic E-state index is 12.3. The summed E-state index contributed by atoms with van der Waals surface area (Å²) in [5, 5.41) is 2.30. The fourth-order valence-electron chi connectivity index (χ4n) is 2.63. The van der Waals surface area contributed by atoms with Crippen molar-refractivity contribution < 1.29 is 19.1 Å². The minimum absolute atomic E-state index is 0.137. The summed E-state index contributed by atoms with van der Waals surface area (Å²) in [6.45, 7) is 1.60. The Labute approximate surface area is 166 Å². The number of aromatic nitrogens is 1. The largest absolute Gasteiger partial charge is 0.495 e. The molecule has 0 spiro atoms. The molecule has 0 fully saturated rings. The van der Waals surface area contributed by atoms with E-state index >= 15 is 0 Å². The van der Waals surface area contributed by atoms with E-state index in [-0.39, 0.29) is 12.5 Å². The zero-order valence-corrected chi connectivity index (χ0v) is 16.2. The van der Waals surface area contributed by atoms with Crippen LogP contribution in [-0.4, -0.2) is 23.9 Å². The summed E-state index contributed by atoms with van der Waals surface area (Å²) in [7, 11) is 1.55. The first-order chi connectivity index (χ1) is 13.5. The third-order valence-electron chi connectivity index (χ3n) is 3.90. The number of para-hydroxylation sites is 3. The van der Waals surface area contributed by atoms with Crippen LogP contribution in [0.5, 0.6) is 11.5 Å². The Morgan fingerprint density at radius 3 is 2.46 bits per heavy atom. The molecule has 0 saturated carbocycles. The van der Waals surface area contributed by atoms with E-state index in [1.54, 1.807) is 48.9 Å². The summed E-state index contributed by atoms with van der Waals surface area (Å²) in [4.78, 5) is 29.8. The Morgan fingerprint density at radius 1 is 1.11 bits per heavy atom. The van der Waals surface area contributed by atoms with E-state index in [0.717, 1.165) is 0 Å². The second-order valence-corrected chi connectivity index (χ2v) is 6.63. The minimum Gasteiger partial charge on any atom is -0.495 e. The van der Waals surface area contributed by atoms with Gasteiger partial charge in [0.2, 0.25) is 5.91 Å². The van der Waals surface area contributed by atoms with E-state index < -0.39 is 5.91 Å². The van der Waals surface area contributed by atoms with Gasteiger partial charge in [-0.15, -0.1) is 11.3 Å². The first-order valence-electron chi connectivity index (χ1n) is 8.41.